The first-order valence-electron chi connectivity index (χ1n) is 9.02. The van der Waals surface area contributed by atoms with E-state index in [2.05, 4.69) is 5.10 Å². The minimum Gasteiger partial charge on any atom is -0.479 e. The van der Waals surface area contributed by atoms with E-state index in [-0.39, 0.29) is 22.5 Å². The number of ether oxygens (including phenoxy) is 1. The standard InChI is InChI=1S/C21H20N3O5/c1-3-14-15(9-13-7-5-4-6-8-13)24-20(19(14)22)21(29-11-17(27)28)18(12(2)23-24)16(26)10-25/h4-8H,3,9,11,22H2,1-2H3,(H,27,28). The van der Waals surface area contributed by atoms with E-state index < -0.39 is 18.4 Å². The van der Waals surface area contributed by atoms with Gasteiger partial charge in [-0.05, 0) is 24.5 Å². The third-order valence-electron chi connectivity index (χ3n) is 4.68. The number of rotatable bonds is 8. The van der Waals surface area contributed by atoms with Crippen LogP contribution in [0.4, 0.5) is 5.69 Å². The van der Waals surface area contributed by atoms with Crippen molar-refractivity contribution in [1.82, 2.24) is 9.61 Å². The Morgan fingerprint density at radius 1 is 1.28 bits per heavy atom. The van der Waals surface area contributed by atoms with Gasteiger partial charge in [-0.1, -0.05) is 37.3 Å². The fraction of sp³-hybridized carbons (Fsp3) is 0.238. The number of carbonyl (C=O) groups is 2. The number of aryl methyl sites for hydroxylation is 1. The van der Waals surface area contributed by atoms with Crippen LogP contribution in [0.2, 0.25) is 0 Å². The molecule has 0 fully saturated rings. The summed E-state index contributed by atoms with van der Waals surface area (Å²) in [6.07, 6.45) is 2.43. The normalized spacial score (nSPS) is 10.8. The molecule has 3 aromatic rings. The summed E-state index contributed by atoms with van der Waals surface area (Å²) in [4.78, 5) is 34.2. The molecule has 0 aliphatic rings. The van der Waals surface area contributed by atoms with Crippen LogP contribution in [0.25, 0.3) is 5.52 Å². The molecule has 3 rings (SSSR count). The Labute approximate surface area is 166 Å². The molecule has 2 aromatic heterocycles. The monoisotopic (exact) mass is 394 g/mol. The van der Waals surface area contributed by atoms with Crippen molar-refractivity contribution in [2.24, 2.45) is 0 Å². The summed E-state index contributed by atoms with van der Waals surface area (Å²) in [7, 11) is 0. The van der Waals surface area contributed by atoms with Gasteiger partial charge in [-0.3, -0.25) is 9.59 Å². The molecule has 29 heavy (non-hydrogen) atoms. The molecule has 8 nitrogen and oxygen atoms in total. The summed E-state index contributed by atoms with van der Waals surface area (Å²) >= 11 is 0. The van der Waals surface area contributed by atoms with Crippen molar-refractivity contribution in [3.05, 3.63) is 58.4 Å². The molecule has 0 bridgehead atoms. The van der Waals surface area contributed by atoms with E-state index in [1.54, 1.807) is 11.4 Å². The maximum atomic E-state index is 12.2. The Morgan fingerprint density at radius 2 is 1.97 bits per heavy atom. The number of carbonyl (C=O) groups excluding carboxylic acids is 2. The molecule has 1 aromatic carbocycles. The van der Waals surface area contributed by atoms with E-state index in [4.69, 9.17) is 15.6 Å². The van der Waals surface area contributed by atoms with Crippen LogP contribution in [0.15, 0.2) is 30.3 Å². The van der Waals surface area contributed by atoms with Crippen LogP contribution in [0.5, 0.6) is 5.75 Å². The summed E-state index contributed by atoms with van der Waals surface area (Å²) in [6.45, 7) is 2.79. The molecule has 0 atom stereocenters. The molecule has 0 aliphatic heterocycles. The van der Waals surface area contributed by atoms with Gasteiger partial charge in [0.1, 0.15) is 5.52 Å². The van der Waals surface area contributed by atoms with Crippen LogP contribution in [-0.4, -0.2) is 39.4 Å². The molecule has 0 saturated heterocycles. The predicted octanol–water partition coefficient (Wildman–Crippen LogP) is 2.13. The fourth-order valence-corrected chi connectivity index (χ4v) is 3.44. The van der Waals surface area contributed by atoms with Gasteiger partial charge in [-0.2, -0.15) is 5.10 Å². The second-order valence-electron chi connectivity index (χ2n) is 6.52. The molecule has 2 heterocycles. The van der Waals surface area contributed by atoms with Gasteiger partial charge in [0.05, 0.1) is 22.6 Å². The molecular formula is C21H20N3O5. The first-order valence-corrected chi connectivity index (χ1v) is 9.02. The average Bonchev–Trinajstić information content (AvgIpc) is 2.96. The molecule has 0 saturated carbocycles. The first kappa shape index (κ1) is 20.1. The number of fused-ring (bicyclic) bond motifs is 1. The number of benzene rings is 1. The highest BCUT2D eigenvalue weighted by Gasteiger charge is 2.27. The highest BCUT2D eigenvalue weighted by molar-refractivity contribution is 6.35. The van der Waals surface area contributed by atoms with Crippen LogP contribution in [0, 0.1) is 6.92 Å². The van der Waals surface area contributed by atoms with Crippen LogP contribution < -0.4 is 10.5 Å². The van der Waals surface area contributed by atoms with Gasteiger partial charge >= 0.3 is 5.97 Å². The van der Waals surface area contributed by atoms with Gasteiger partial charge in [0, 0.05) is 6.42 Å². The minimum atomic E-state index is -1.23. The smallest absolute Gasteiger partial charge is 0.341 e. The van der Waals surface area contributed by atoms with Crippen molar-refractivity contribution in [2.75, 3.05) is 12.3 Å². The number of aromatic nitrogens is 2. The maximum absolute atomic E-state index is 12.2. The summed E-state index contributed by atoms with van der Waals surface area (Å²) in [6, 6.07) is 9.72. The van der Waals surface area contributed by atoms with Gasteiger partial charge in [0.25, 0.3) is 6.29 Å². The summed E-state index contributed by atoms with van der Waals surface area (Å²) < 4.78 is 7.00. The molecule has 0 aliphatic carbocycles. The molecule has 0 unspecified atom stereocenters. The van der Waals surface area contributed by atoms with E-state index in [0.29, 0.717) is 18.5 Å². The van der Waals surface area contributed by atoms with Crippen molar-refractivity contribution in [3.8, 4) is 5.75 Å². The van der Waals surface area contributed by atoms with Gasteiger partial charge in [0.15, 0.2) is 12.4 Å². The number of nitrogen functional groups attached to an aromatic ring is 1. The Morgan fingerprint density at radius 3 is 2.55 bits per heavy atom. The zero-order chi connectivity index (χ0) is 21.1. The third-order valence-corrected chi connectivity index (χ3v) is 4.68. The largest absolute Gasteiger partial charge is 0.479 e. The second-order valence-corrected chi connectivity index (χ2v) is 6.52. The third kappa shape index (κ3) is 3.69. The van der Waals surface area contributed by atoms with Crippen molar-refractivity contribution in [2.45, 2.75) is 26.7 Å². The van der Waals surface area contributed by atoms with Crippen molar-refractivity contribution >= 4 is 29.2 Å². The van der Waals surface area contributed by atoms with Crippen molar-refractivity contribution in [3.63, 3.8) is 0 Å². The molecule has 0 spiro atoms. The van der Waals surface area contributed by atoms with E-state index in [1.165, 1.54) is 6.29 Å². The highest BCUT2D eigenvalue weighted by Crippen LogP contribution is 2.37. The number of carboxylic acids is 1. The lowest BCUT2D eigenvalue weighted by atomic mass is 10.0. The highest BCUT2D eigenvalue weighted by atomic mass is 16.5. The number of Topliss-reactive ketones (excluding diaryl/α,β-unsaturated/α-hetero) is 1. The second kappa shape index (κ2) is 8.14. The van der Waals surface area contributed by atoms with Crippen molar-refractivity contribution in [1.29, 1.82) is 0 Å². The number of ketones is 1. The van der Waals surface area contributed by atoms with E-state index in [0.717, 1.165) is 16.8 Å². The zero-order valence-corrected chi connectivity index (χ0v) is 16.1. The number of anilines is 1. The lowest BCUT2D eigenvalue weighted by Crippen LogP contribution is -2.16. The molecule has 149 valence electrons. The zero-order valence-electron chi connectivity index (χ0n) is 16.1. The molecule has 8 heteroatoms. The Hall–Kier alpha value is -3.68. The first-order chi connectivity index (χ1) is 13.9. The Bertz CT molecular complexity index is 1100. The van der Waals surface area contributed by atoms with Crippen molar-refractivity contribution < 1.29 is 24.2 Å². The van der Waals surface area contributed by atoms with Crippen LogP contribution in [0.1, 0.15) is 39.8 Å². The fourth-order valence-electron chi connectivity index (χ4n) is 3.44. The predicted molar refractivity (Wildman–Crippen MR) is 106 cm³/mol. The Kier molecular flexibility index (Phi) is 5.63. The molecular weight excluding hydrogens is 374 g/mol. The summed E-state index contributed by atoms with van der Waals surface area (Å²) in [5.41, 5.74) is 9.74. The number of aliphatic carboxylic acids is 1. The summed E-state index contributed by atoms with van der Waals surface area (Å²) in [5.74, 6) is -2.27. The van der Waals surface area contributed by atoms with E-state index in [9.17, 15) is 14.4 Å². The lowest BCUT2D eigenvalue weighted by Gasteiger charge is -2.13. The SMILES string of the molecule is CCc1c(N)c2c(OCC(=O)O)c(C(=O)[C]=O)c(C)nn2c1Cc1ccccc1. The van der Waals surface area contributed by atoms with E-state index >= 15 is 0 Å². The average molecular weight is 394 g/mol. The lowest BCUT2D eigenvalue weighted by molar-refractivity contribution is -0.139. The number of hydrogen-bond donors (Lipinski definition) is 2. The molecule has 3 N–H and O–H groups in total. The van der Waals surface area contributed by atoms with Crippen LogP contribution in [-0.2, 0) is 22.4 Å². The number of carboxylic acid groups (broad SMARTS) is 1. The summed E-state index contributed by atoms with van der Waals surface area (Å²) in [5, 5.41) is 13.5. The quantitative estimate of drug-likeness (QED) is 0.443. The van der Waals surface area contributed by atoms with Gasteiger partial charge in [-0.25, -0.2) is 9.31 Å². The van der Waals surface area contributed by atoms with Gasteiger partial charge < -0.3 is 15.6 Å². The maximum Gasteiger partial charge on any atom is 0.341 e. The van der Waals surface area contributed by atoms with Gasteiger partial charge in [-0.15, -0.1) is 0 Å². The van der Waals surface area contributed by atoms with Crippen LogP contribution in [0.3, 0.4) is 0 Å². The molecule has 1 radical (unpaired) electrons. The number of nitrogens with two attached hydrogens (primary N) is 1. The van der Waals surface area contributed by atoms with E-state index in [1.807, 2.05) is 37.3 Å². The topological polar surface area (TPSA) is 124 Å². The molecule has 0 amide bonds. The van der Waals surface area contributed by atoms with Gasteiger partial charge in [0.2, 0.25) is 5.78 Å². The van der Waals surface area contributed by atoms with Crippen LogP contribution >= 0.6 is 0 Å². The number of hydrogen-bond acceptors (Lipinski definition) is 6. The number of nitrogens with zero attached hydrogens (tertiary/aromatic N) is 2. The Balaban J connectivity index is 2.32. The minimum absolute atomic E-state index is 0.0697.